The van der Waals surface area contributed by atoms with Gasteiger partial charge < -0.3 is 14.6 Å². The Balaban J connectivity index is 1.71. The number of ether oxygens (including phenoxy) is 2. The minimum atomic E-state index is -0.973. The zero-order chi connectivity index (χ0) is 15.1. The van der Waals surface area contributed by atoms with Gasteiger partial charge in [-0.2, -0.15) is 0 Å². The molecule has 0 atom stereocenters. The number of hydrogen-bond acceptors (Lipinski definition) is 3. The van der Waals surface area contributed by atoms with Crippen LogP contribution in [-0.2, 0) is 11.3 Å². The van der Waals surface area contributed by atoms with Crippen LogP contribution in [0, 0.1) is 0 Å². The molecule has 110 valence electrons. The molecule has 1 N–H and O–H groups in total. The molecule has 0 aliphatic carbocycles. The zero-order valence-electron chi connectivity index (χ0n) is 11.3. The van der Waals surface area contributed by atoms with Crippen LogP contribution in [0.5, 0.6) is 5.75 Å². The molecule has 0 bridgehead atoms. The standard InChI is InChI=1S/C16H15ClO4/c17-14-6-4-12(5-7-14)11-20-8-9-21-15-3-1-2-13(10-15)16(18)19/h1-7,10H,8-9,11H2,(H,18,19). The Morgan fingerprint density at radius 2 is 1.86 bits per heavy atom. The van der Waals surface area contributed by atoms with Crippen LogP contribution >= 0.6 is 11.6 Å². The third-order valence-corrected chi connectivity index (χ3v) is 3.01. The molecule has 2 rings (SSSR count). The third kappa shape index (κ3) is 5.10. The van der Waals surface area contributed by atoms with Crippen LogP contribution in [0.25, 0.3) is 0 Å². The van der Waals surface area contributed by atoms with Crippen molar-refractivity contribution >= 4 is 17.6 Å². The van der Waals surface area contributed by atoms with Gasteiger partial charge in [-0.1, -0.05) is 29.8 Å². The summed E-state index contributed by atoms with van der Waals surface area (Å²) in [5, 5.41) is 9.57. The fraction of sp³-hybridized carbons (Fsp3) is 0.188. The van der Waals surface area contributed by atoms with Gasteiger partial charge in [0.2, 0.25) is 0 Å². The average molecular weight is 307 g/mol. The lowest BCUT2D eigenvalue weighted by atomic mass is 10.2. The van der Waals surface area contributed by atoms with E-state index in [1.807, 2.05) is 24.3 Å². The quantitative estimate of drug-likeness (QED) is 0.794. The largest absolute Gasteiger partial charge is 0.491 e. The van der Waals surface area contributed by atoms with Gasteiger partial charge in [0.15, 0.2) is 0 Å². The van der Waals surface area contributed by atoms with Crippen LogP contribution in [0.4, 0.5) is 0 Å². The molecule has 0 amide bonds. The fourth-order valence-corrected chi connectivity index (χ4v) is 1.83. The van der Waals surface area contributed by atoms with Gasteiger partial charge in [0.1, 0.15) is 12.4 Å². The lowest BCUT2D eigenvalue weighted by Gasteiger charge is -2.08. The SMILES string of the molecule is O=C(O)c1cccc(OCCOCc2ccc(Cl)cc2)c1. The molecule has 0 aromatic heterocycles. The van der Waals surface area contributed by atoms with E-state index in [-0.39, 0.29) is 5.56 Å². The van der Waals surface area contributed by atoms with Gasteiger partial charge in [-0.25, -0.2) is 4.79 Å². The Labute approximate surface area is 127 Å². The second-order valence-electron chi connectivity index (χ2n) is 4.36. The Bertz CT molecular complexity index is 595. The van der Waals surface area contributed by atoms with Crippen molar-refractivity contribution in [1.82, 2.24) is 0 Å². The normalized spacial score (nSPS) is 10.3. The summed E-state index contributed by atoms with van der Waals surface area (Å²) in [7, 11) is 0. The van der Waals surface area contributed by atoms with E-state index in [9.17, 15) is 4.79 Å². The summed E-state index contributed by atoms with van der Waals surface area (Å²) >= 11 is 5.80. The molecule has 5 heteroatoms. The molecular formula is C16H15ClO4. The molecule has 0 unspecified atom stereocenters. The topological polar surface area (TPSA) is 55.8 Å². The number of carboxylic acids is 1. The lowest BCUT2D eigenvalue weighted by molar-refractivity contribution is 0.0695. The zero-order valence-corrected chi connectivity index (χ0v) is 12.0. The highest BCUT2D eigenvalue weighted by molar-refractivity contribution is 6.30. The summed E-state index contributed by atoms with van der Waals surface area (Å²) in [6.45, 7) is 1.26. The Kier molecular flexibility index (Phi) is 5.60. The van der Waals surface area contributed by atoms with Crippen LogP contribution in [0.3, 0.4) is 0 Å². The molecular weight excluding hydrogens is 292 g/mol. The van der Waals surface area contributed by atoms with E-state index < -0.39 is 5.97 Å². The Morgan fingerprint density at radius 3 is 2.57 bits per heavy atom. The number of rotatable bonds is 7. The van der Waals surface area contributed by atoms with Gasteiger partial charge >= 0.3 is 5.97 Å². The molecule has 2 aromatic carbocycles. The monoisotopic (exact) mass is 306 g/mol. The minimum absolute atomic E-state index is 0.203. The van der Waals surface area contributed by atoms with E-state index in [1.54, 1.807) is 12.1 Å². The van der Waals surface area contributed by atoms with E-state index in [2.05, 4.69) is 0 Å². The molecule has 0 spiro atoms. The highest BCUT2D eigenvalue weighted by Crippen LogP contribution is 2.13. The van der Waals surface area contributed by atoms with Crippen LogP contribution in [-0.4, -0.2) is 24.3 Å². The first-order valence-corrected chi connectivity index (χ1v) is 6.81. The van der Waals surface area contributed by atoms with Gasteiger partial charge in [-0.05, 0) is 35.9 Å². The van der Waals surface area contributed by atoms with Crippen molar-refractivity contribution < 1.29 is 19.4 Å². The van der Waals surface area contributed by atoms with Crippen molar-refractivity contribution in [1.29, 1.82) is 0 Å². The third-order valence-electron chi connectivity index (χ3n) is 2.76. The van der Waals surface area contributed by atoms with Crippen molar-refractivity contribution in [2.24, 2.45) is 0 Å². The molecule has 4 nitrogen and oxygen atoms in total. The van der Waals surface area contributed by atoms with Crippen molar-refractivity contribution in [3.63, 3.8) is 0 Å². The lowest BCUT2D eigenvalue weighted by Crippen LogP contribution is -2.07. The first-order valence-electron chi connectivity index (χ1n) is 6.43. The first-order chi connectivity index (χ1) is 10.1. The molecule has 0 aliphatic rings. The molecule has 0 fully saturated rings. The predicted octanol–water partition coefficient (Wildman–Crippen LogP) is 3.63. The summed E-state index contributed by atoms with van der Waals surface area (Å²) in [5.74, 6) is -0.454. The van der Waals surface area contributed by atoms with E-state index in [1.165, 1.54) is 12.1 Å². The van der Waals surface area contributed by atoms with Crippen LogP contribution in [0.2, 0.25) is 5.02 Å². The van der Waals surface area contributed by atoms with Gasteiger partial charge in [0, 0.05) is 5.02 Å². The smallest absolute Gasteiger partial charge is 0.335 e. The first kappa shape index (κ1) is 15.4. The van der Waals surface area contributed by atoms with Crippen molar-refractivity contribution in [3.05, 3.63) is 64.7 Å². The van der Waals surface area contributed by atoms with E-state index >= 15 is 0 Å². The van der Waals surface area contributed by atoms with Gasteiger partial charge in [-0.3, -0.25) is 0 Å². The van der Waals surface area contributed by atoms with E-state index in [0.717, 1.165) is 5.56 Å². The molecule has 0 saturated heterocycles. The summed E-state index contributed by atoms with van der Waals surface area (Å²) < 4.78 is 10.9. The summed E-state index contributed by atoms with van der Waals surface area (Å²) in [6.07, 6.45) is 0. The Morgan fingerprint density at radius 1 is 1.10 bits per heavy atom. The van der Waals surface area contributed by atoms with Gasteiger partial charge in [-0.15, -0.1) is 0 Å². The molecule has 0 saturated carbocycles. The fourth-order valence-electron chi connectivity index (χ4n) is 1.71. The second-order valence-corrected chi connectivity index (χ2v) is 4.80. The number of aromatic carboxylic acids is 1. The summed E-state index contributed by atoms with van der Waals surface area (Å²) in [5.41, 5.74) is 1.24. The number of hydrogen-bond donors (Lipinski definition) is 1. The number of halogens is 1. The number of benzene rings is 2. The molecule has 0 radical (unpaired) electrons. The van der Waals surface area contributed by atoms with Crippen LogP contribution in [0.15, 0.2) is 48.5 Å². The maximum Gasteiger partial charge on any atom is 0.335 e. The van der Waals surface area contributed by atoms with Gasteiger partial charge in [0.25, 0.3) is 0 Å². The van der Waals surface area contributed by atoms with Crippen molar-refractivity contribution in [3.8, 4) is 5.75 Å². The summed E-state index contributed by atoms with van der Waals surface area (Å²) in [6, 6.07) is 13.8. The highest BCUT2D eigenvalue weighted by atomic mass is 35.5. The van der Waals surface area contributed by atoms with Crippen LogP contribution in [0.1, 0.15) is 15.9 Å². The highest BCUT2D eigenvalue weighted by Gasteiger charge is 2.03. The molecule has 21 heavy (non-hydrogen) atoms. The van der Waals surface area contributed by atoms with E-state index in [4.69, 9.17) is 26.2 Å². The predicted molar refractivity (Wildman–Crippen MR) is 80.0 cm³/mol. The van der Waals surface area contributed by atoms with Gasteiger partial charge in [0.05, 0.1) is 18.8 Å². The molecule has 0 heterocycles. The average Bonchev–Trinajstić information content (AvgIpc) is 2.49. The number of carbonyl (C=O) groups is 1. The van der Waals surface area contributed by atoms with E-state index in [0.29, 0.717) is 30.6 Å². The summed E-state index contributed by atoms with van der Waals surface area (Å²) in [4.78, 5) is 10.8. The van der Waals surface area contributed by atoms with Crippen molar-refractivity contribution in [2.45, 2.75) is 6.61 Å². The van der Waals surface area contributed by atoms with Crippen LogP contribution < -0.4 is 4.74 Å². The number of carboxylic acid groups (broad SMARTS) is 1. The molecule has 0 aliphatic heterocycles. The van der Waals surface area contributed by atoms with Crippen molar-refractivity contribution in [2.75, 3.05) is 13.2 Å². The minimum Gasteiger partial charge on any atom is -0.491 e. The second kappa shape index (κ2) is 7.67. The maximum atomic E-state index is 10.8. The maximum absolute atomic E-state index is 10.8. The molecule has 2 aromatic rings. The Hall–Kier alpha value is -2.04.